The maximum Gasteiger partial charge on any atom is 0.260 e. The van der Waals surface area contributed by atoms with Gasteiger partial charge in [0.25, 0.3) is 5.91 Å². The number of hydrogen-bond donors (Lipinski definition) is 3. The van der Waals surface area contributed by atoms with E-state index < -0.39 is 6.10 Å². The van der Waals surface area contributed by atoms with E-state index in [1.165, 1.54) is 6.33 Å². The molecule has 2 aromatic heterocycles. The van der Waals surface area contributed by atoms with Gasteiger partial charge in [-0.2, -0.15) is 0 Å². The van der Waals surface area contributed by atoms with Crippen LogP contribution in [0, 0.1) is 6.92 Å². The highest BCUT2D eigenvalue weighted by molar-refractivity contribution is 5.96. The number of aliphatic hydroxyl groups is 1. The van der Waals surface area contributed by atoms with E-state index in [2.05, 4.69) is 25.6 Å². The van der Waals surface area contributed by atoms with E-state index in [4.69, 9.17) is 19.3 Å². The topological polar surface area (TPSA) is 128 Å². The first kappa shape index (κ1) is 24.7. The summed E-state index contributed by atoms with van der Waals surface area (Å²) in [6, 6.07) is 14.5. The number of benzene rings is 2. The zero-order valence-corrected chi connectivity index (χ0v) is 20.2. The lowest BCUT2D eigenvalue weighted by Gasteiger charge is -2.17. The van der Waals surface area contributed by atoms with Crippen LogP contribution in [0.25, 0.3) is 10.9 Å². The lowest BCUT2D eigenvalue weighted by atomic mass is 10.2. The second-order valence-electron chi connectivity index (χ2n) is 7.88. The summed E-state index contributed by atoms with van der Waals surface area (Å²) < 4.78 is 17.4. The van der Waals surface area contributed by atoms with Gasteiger partial charge in [-0.15, -0.1) is 0 Å². The summed E-state index contributed by atoms with van der Waals surface area (Å²) in [6.07, 6.45) is 2.31. The highest BCUT2D eigenvalue weighted by Crippen LogP contribution is 2.36. The number of anilines is 2. The van der Waals surface area contributed by atoms with Crippen molar-refractivity contribution in [3.05, 3.63) is 66.7 Å². The van der Waals surface area contributed by atoms with E-state index in [9.17, 15) is 4.79 Å². The molecule has 2 heterocycles. The normalized spacial score (nSPS) is 11.6. The average Bonchev–Trinajstić information content (AvgIpc) is 2.89. The third kappa shape index (κ3) is 5.78. The van der Waals surface area contributed by atoms with Crippen LogP contribution in [0.1, 0.15) is 12.6 Å². The molecule has 36 heavy (non-hydrogen) atoms. The van der Waals surface area contributed by atoms with Gasteiger partial charge in [0, 0.05) is 24.0 Å². The second-order valence-corrected chi connectivity index (χ2v) is 7.88. The number of carbonyl (C=O) groups is 1. The van der Waals surface area contributed by atoms with Crippen molar-refractivity contribution in [2.45, 2.75) is 20.0 Å². The van der Waals surface area contributed by atoms with E-state index >= 15 is 0 Å². The second kappa shape index (κ2) is 11.3. The molecular formula is C26H27N5O5. The average molecular weight is 490 g/mol. The summed E-state index contributed by atoms with van der Waals surface area (Å²) in [7, 11) is 1.56. The maximum absolute atomic E-state index is 12.2. The van der Waals surface area contributed by atoms with Crippen LogP contribution in [0.5, 0.6) is 23.0 Å². The molecule has 1 atom stereocenters. The molecule has 3 N–H and O–H groups in total. The molecule has 0 unspecified atom stereocenters. The number of nitrogens with one attached hydrogen (secondary N) is 2. The number of methoxy groups -OCH3 is 1. The molecule has 10 heteroatoms. The molecule has 0 aliphatic heterocycles. The molecule has 0 fully saturated rings. The van der Waals surface area contributed by atoms with Gasteiger partial charge in [0.15, 0.2) is 17.6 Å². The molecule has 10 nitrogen and oxygen atoms in total. The largest absolute Gasteiger partial charge is 0.493 e. The Morgan fingerprint density at radius 2 is 1.92 bits per heavy atom. The van der Waals surface area contributed by atoms with Crippen molar-refractivity contribution in [1.29, 1.82) is 0 Å². The van der Waals surface area contributed by atoms with Crippen LogP contribution >= 0.6 is 0 Å². The van der Waals surface area contributed by atoms with Crippen LogP contribution < -0.4 is 24.8 Å². The van der Waals surface area contributed by atoms with Crippen LogP contribution in [0.4, 0.5) is 11.5 Å². The summed E-state index contributed by atoms with van der Waals surface area (Å²) in [5.74, 6) is 2.26. The standard InChI is InChI=1S/C26H27N5O5/c1-16-7-9-19(14-28-16)36-21-10-8-18(13-23(21)34-3)31-25-24-20(29-15-30-25)5-4-6-22(24)35-17(2)26(33)27-11-12-32/h4-10,13-15,17,32H,11-12H2,1-3H3,(H,27,33)(H,29,30,31)/t17-/m1/s1. The van der Waals surface area contributed by atoms with Crippen LogP contribution in [0.15, 0.2) is 61.1 Å². The van der Waals surface area contributed by atoms with Crippen molar-refractivity contribution in [2.24, 2.45) is 0 Å². The third-order valence-electron chi connectivity index (χ3n) is 5.25. The van der Waals surface area contributed by atoms with Gasteiger partial charge in [-0.3, -0.25) is 9.78 Å². The number of rotatable bonds is 10. The number of fused-ring (bicyclic) bond motifs is 1. The van der Waals surface area contributed by atoms with Gasteiger partial charge in [-0.25, -0.2) is 9.97 Å². The Bertz CT molecular complexity index is 1340. The molecule has 0 aliphatic rings. The molecule has 186 valence electrons. The molecule has 4 rings (SSSR count). The van der Waals surface area contributed by atoms with E-state index in [1.54, 1.807) is 44.5 Å². The van der Waals surface area contributed by atoms with E-state index in [-0.39, 0.29) is 19.1 Å². The van der Waals surface area contributed by atoms with Gasteiger partial charge in [0.05, 0.1) is 30.8 Å². The fourth-order valence-corrected chi connectivity index (χ4v) is 3.45. The molecule has 2 aromatic carbocycles. The van der Waals surface area contributed by atoms with Gasteiger partial charge in [0.2, 0.25) is 0 Å². The minimum absolute atomic E-state index is 0.149. The quantitative estimate of drug-likeness (QED) is 0.305. The highest BCUT2D eigenvalue weighted by Gasteiger charge is 2.18. The first-order valence-corrected chi connectivity index (χ1v) is 11.3. The number of hydrogen-bond acceptors (Lipinski definition) is 9. The summed E-state index contributed by atoms with van der Waals surface area (Å²) in [5, 5.41) is 15.4. The lowest BCUT2D eigenvalue weighted by Crippen LogP contribution is -2.37. The Labute approximate surface area is 208 Å². The van der Waals surface area contributed by atoms with Gasteiger partial charge in [0.1, 0.15) is 23.6 Å². The Morgan fingerprint density at radius 1 is 1.06 bits per heavy atom. The number of amides is 1. The van der Waals surface area contributed by atoms with E-state index in [1.807, 2.05) is 31.2 Å². The molecule has 0 saturated carbocycles. The first-order chi connectivity index (χ1) is 17.5. The van der Waals surface area contributed by atoms with Crippen molar-refractivity contribution >= 4 is 28.3 Å². The summed E-state index contributed by atoms with van der Waals surface area (Å²) >= 11 is 0. The SMILES string of the molecule is COc1cc(Nc2ncnc3cccc(O[C@H](C)C(=O)NCCO)c23)ccc1Oc1ccc(C)nc1. The third-order valence-corrected chi connectivity index (χ3v) is 5.25. The minimum Gasteiger partial charge on any atom is -0.493 e. The Morgan fingerprint density at radius 3 is 2.67 bits per heavy atom. The lowest BCUT2D eigenvalue weighted by molar-refractivity contribution is -0.127. The molecule has 0 spiro atoms. The Kier molecular flexibility index (Phi) is 7.76. The molecule has 0 radical (unpaired) electrons. The number of aryl methyl sites for hydroxylation is 1. The van der Waals surface area contributed by atoms with Crippen molar-refractivity contribution in [2.75, 3.05) is 25.6 Å². The van der Waals surface area contributed by atoms with Gasteiger partial charge in [-0.05, 0) is 50.2 Å². The molecule has 0 aliphatic carbocycles. The first-order valence-electron chi connectivity index (χ1n) is 11.3. The number of aromatic nitrogens is 3. The Hall–Kier alpha value is -4.44. The summed E-state index contributed by atoms with van der Waals surface area (Å²) in [6.45, 7) is 3.55. The van der Waals surface area contributed by atoms with Crippen LogP contribution in [-0.4, -0.2) is 52.3 Å². The predicted octanol–water partition coefficient (Wildman–Crippen LogP) is 3.75. The smallest absolute Gasteiger partial charge is 0.260 e. The molecular weight excluding hydrogens is 462 g/mol. The monoisotopic (exact) mass is 489 g/mol. The van der Waals surface area contributed by atoms with E-state index in [0.29, 0.717) is 45.4 Å². The fraction of sp³-hybridized carbons (Fsp3) is 0.231. The fourth-order valence-electron chi connectivity index (χ4n) is 3.45. The van der Waals surface area contributed by atoms with Crippen molar-refractivity contribution in [3.63, 3.8) is 0 Å². The van der Waals surface area contributed by atoms with Crippen LogP contribution in [0.3, 0.4) is 0 Å². The number of nitrogens with zero attached hydrogens (tertiary/aromatic N) is 3. The molecule has 4 aromatic rings. The number of carbonyl (C=O) groups excluding carboxylic acids is 1. The van der Waals surface area contributed by atoms with Gasteiger partial charge >= 0.3 is 0 Å². The summed E-state index contributed by atoms with van der Waals surface area (Å²) in [4.78, 5) is 25.2. The van der Waals surface area contributed by atoms with Crippen molar-refractivity contribution in [1.82, 2.24) is 20.3 Å². The predicted molar refractivity (Wildman–Crippen MR) is 135 cm³/mol. The highest BCUT2D eigenvalue weighted by atomic mass is 16.5. The van der Waals surface area contributed by atoms with Crippen LogP contribution in [-0.2, 0) is 4.79 Å². The van der Waals surface area contributed by atoms with Crippen LogP contribution in [0.2, 0.25) is 0 Å². The molecule has 1 amide bonds. The Balaban J connectivity index is 1.60. The zero-order chi connectivity index (χ0) is 25.5. The molecule has 0 bridgehead atoms. The number of pyridine rings is 1. The molecule has 0 saturated heterocycles. The minimum atomic E-state index is -0.789. The maximum atomic E-state index is 12.2. The van der Waals surface area contributed by atoms with Gasteiger partial charge in [-0.1, -0.05) is 6.07 Å². The number of ether oxygens (including phenoxy) is 3. The van der Waals surface area contributed by atoms with Crippen molar-refractivity contribution in [3.8, 4) is 23.0 Å². The summed E-state index contributed by atoms with van der Waals surface area (Å²) in [5.41, 5.74) is 2.24. The van der Waals surface area contributed by atoms with Gasteiger partial charge < -0.3 is 30.0 Å². The van der Waals surface area contributed by atoms with Crippen molar-refractivity contribution < 1.29 is 24.1 Å². The number of aliphatic hydroxyl groups excluding tert-OH is 1. The van der Waals surface area contributed by atoms with E-state index in [0.717, 1.165) is 5.69 Å². The zero-order valence-electron chi connectivity index (χ0n) is 20.2.